The summed E-state index contributed by atoms with van der Waals surface area (Å²) in [6, 6.07) is 0. The van der Waals surface area contributed by atoms with E-state index >= 15 is 0 Å². The summed E-state index contributed by atoms with van der Waals surface area (Å²) in [6.07, 6.45) is 10.8. The van der Waals surface area contributed by atoms with Crippen molar-refractivity contribution < 1.29 is 23.9 Å². The van der Waals surface area contributed by atoms with E-state index in [2.05, 4.69) is 13.8 Å². The molecule has 0 aromatic carbocycles. The molecule has 31 heavy (non-hydrogen) atoms. The van der Waals surface area contributed by atoms with E-state index in [1.165, 1.54) is 33.3 Å². The lowest BCUT2D eigenvalue weighted by molar-refractivity contribution is -0.161. The Bertz CT molecular complexity index is 731. The van der Waals surface area contributed by atoms with Gasteiger partial charge in [0.25, 0.3) is 0 Å². The van der Waals surface area contributed by atoms with Gasteiger partial charge in [0.15, 0.2) is 0 Å². The average Bonchev–Trinajstić information content (AvgIpc) is 3.09. The van der Waals surface area contributed by atoms with Crippen LogP contribution in [-0.4, -0.2) is 30.9 Å². The number of methoxy groups -OCH3 is 1. The fourth-order valence-corrected chi connectivity index (χ4v) is 8.59. The number of Topliss-reactive ketones (excluding diaryl/α,β-unsaturated/α-hetero) is 1. The first kappa shape index (κ1) is 22.8. The lowest BCUT2D eigenvalue weighted by Crippen LogP contribution is -2.54. The summed E-state index contributed by atoms with van der Waals surface area (Å²) < 4.78 is 10.3. The molecule has 0 heterocycles. The van der Waals surface area contributed by atoms with Crippen LogP contribution in [0.15, 0.2) is 0 Å². The Hall–Kier alpha value is -1.39. The van der Waals surface area contributed by atoms with Crippen LogP contribution < -0.4 is 0 Å². The Balaban J connectivity index is 1.45. The number of carbonyl (C=O) groups excluding carboxylic acids is 3. The van der Waals surface area contributed by atoms with Gasteiger partial charge in [-0.25, -0.2) is 0 Å². The molecule has 0 bridgehead atoms. The predicted octanol–water partition coefficient (Wildman–Crippen LogP) is 5.10. The largest absolute Gasteiger partial charge is 0.469 e. The number of ketones is 1. The summed E-state index contributed by atoms with van der Waals surface area (Å²) in [6.45, 7) is 6.40. The highest BCUT2D eigenvalue weighted by Gasteiger charge is 2.61. The number of ether oxygens (including phenoxy) is 2. The van der Waals surface area contributed by atoms with Crippen molar-refractivity contribution in [1.29, 1.82) is 0 Å². The first-order valence-corrected chi connectivity index (χ1v) is 12.5. The van der Waals surface area contributed by atoms with Crippen LogP contribution in [0.1, 0.15) is 91.4 Å². The lowest BCUT2D eigenvalue weighted by Gasteiger charge is -2.61. The molecular formula is C26H40O5. The molecule has 8 atom stereocenters. The molecule has 4 aliphatic rings. The van der Waals surface area contributed by atoms with Crippen LogP contribution in [0.2, 0.25) is 0 Å². The zero-order valence-electron chi connectivity index (χ0n) is 19.8. The van der Waals surface area contributed by atoms with E-state index in [4.69, 9.17) is 9.47 Å². The van der Waals surface area contributed by atoms with Gasteiger partial charge in [0, 0.05) is 19.3 Å². The number of fused-ring (bicyclic) bond motifs is 5. The van der Waals surface area contributed by atoms with E-state index < -0.39 is 0 Å². The Morgan fingerprint density at radius 3 is 2.29 bits per heavy atom. The second-order valence-corrected chi connectivity index (χ2v) is 11.4. The molecule has 0 unspecified atom stereocenters. The van der Waals surface area contributed by atoms with Crippen LogP contribution in [0, 0.1) is 40.4 Å². The number of hydrogen-bond acceptors (Lipinski definition) is 5. The van der Waals surface area contributed by atoms with Crippen molar-refractivity contribution in [2.45, 2.75) is 97.5 Å². The van der Waals surface area contributed by atoms with E-state index in [-0.39, 0.29) is 41.6 Å². The first-order valence-electron chi connectivity index (χ1n) is 12.5. The average molecular weight is 433 g/mol. The molecule has 0 amide bonds. The number of carbonyl (C=O) groups is 3. The fraction of sp³-hybridized carbons (Fsp3) is 0.885. The maximum absolute atomic E-state index is 13.1. The lowest BCUT2D eigenvalue weighted by atomic mass is 9.44. The highest BCUT2D eigenvalue weighted by molar-refractivity contribution is 5.85. The SMILES string of the molecule is COC(=O)CCC(=O)[C@H]1CC[C@H]2[C@@H]3CC[C@H]4C[C@@H](OC(C)=O)CC[C@]4(C)[C@H]3CC[C@]12C. The zero-order chi connectivity index (χ0) is 22.4. The minimum absolute atomic E-state index is 0.0898. The molecule has 0 aromatic heterocycles. The van der Waals surface area contributed by atoms with Crippen molar-refractivity contribution in [2.24, 2.45) is 40.4 Å². The Kier molecular flexibility index (Phi) is 6.26. The van der Waals surface area contributed by atoms with Crippen LogP contribution in [0.4, 0.5) is 0 Å². The van der Waals surface area contributed by atoms with Gasteiger partial charge >= 0.3 is 11.9 Å². The van der Waals surface area contributed by atoms with Crippen molar-refractivity contribution in [1.82, 2.24) is 0 Å². The summed E-state index contributed by atoms with van der Waals surface area (Å²) in [5, 5.41) is 0. The third-order valence-corrected chi connectivity index (χ3v) is 10.1. The highest BCUT2D eigenvalue weighted by atomic mass is 16.5. The summed E-state index contributed by atoms with van der Waals surface area (Å²) >= 11 is 0. The van der Waals surface area contributed by atoms with Crippen molar-refractivity contribution in [3.63, 3.8) is 0 Å². The van der Waals surface area contributed by atoms with Gasteiger partial charge in [-0.1, -0.05) is 13.8 Å². The molecule has 174 valence electrons. The van der Waals surface area contributed by atoms with Crippen LogP contribution in [0.5, 0.6) is 0 Å². The molecule has 4 aliphatic carbocycles. The second kappa shape index (κ2) is 8.51. The van der Waals surface area contributed by atoms with E-state index in [1.54, 1.807) is 0 Å². The normalized spacial score (nSPS) is 43.9. The van der Waals surface area contributed by atoms with Crippen LogP contribution in [0.3, 0.4) is 0 Å². The van der Waals surface area contributed by atoms with Gasteiger partial charge in [0.1, 0.15) is 11.9 Å². The third kappa shape index (κ3) is 3.95. The summed E-state index contributed by atoms with van der Waals surface area (Å²) in [5.41, 5.74) is 0.431. The molecule has 5 nitrogen and oxygen atoms in total. The molecule has 0 radical (unpaired) electrons. The molecule has 4 rings (SSSR count). The fourth-order valence-electron chi connectivity index (χ4n) is 8.59. The van der Waals surface area contributed by atoms with Gasteiger partial charge in [0.2, 0.25) is 0 Å². The topological polar surface area (TPSA) is 69.7 Å². The molecule has 0 N–H and O–H groups in total. The quantitative estimate of drug-likeness (QED) is 0.565. The van der Waals surface area contributed by atoms with Gasteiger partial charge in [-0.05, 0) is 92.3 Å². The van der Waals surface area contributed by atoms with Crippen LogP contribution in [-0.2, 0) is 23.9 Å². The summed E-state index contributed by atoms with van der Waals surface area (Å²) in [7, 11) is 1.39. The Morgan fingerprint density at radius 2 is 1.58 bits per heavy atom. The van der Waals surface area contributed by atoms with E-state index in [0.29, 0.717) is 29.6 Å². The second-order valence-electron chi connectivity index (χ2n) is 11.4. The zero-order valence-corrected chi connectivity index (χ0v) is 19.8. The monoisotopic (exact) mass is 432 g/mol. The Labute approximate surface area is 187 Å². The summed E-state index contributed by atoms with van der Waals surface area (Å²) in [5.74, 6) is 2.66. The van der Waals surface area contributed by atoms with Crippen molar-refractivity contribution in [3.8, 4) is 0 Å². The minimum atomic E-state index is -0.285. The number of rotatable bonds is 5. The van der Waals surface area contributed by atoms with E-state index in [0.717, 1.165) is 44.4 Å². The molecule has 0 aromatic rings. The van der Waals surface area contributed by atoms with Crippen molar-refractivity contribution >= 4 is 17.7 Å². The number of esters is 2. The molecule has 0 saturated heterocycles. The van der Waals surface area contributed by atoms with E-state index in [1.807, 2.05) is 0 Å². The maximum Gasteiger partial charge on any atom is 0.305 e. The summed E-state index contributed by atoms with van der Waals surface area (Å²) in [4.78, 5) is 36.0. The van der Waals surface area contributed by atoms with Crippen LogP contribution in [0.25, 0.3) is 0 Å². The van der Waals surface area contributed by atoms with Crippen molar-refractivity contribution in [2.75, 3.05) is 7.11 Å². The maximum atomic E-state index is 13.1. The highest BCUT2D eigenvalue weighted by Crippen LogP contribution is 2.67. The molecule has 4 fully saturated rings. The number of hydrogen-bond donors (Lipinski definition) is 0. The molecule has 0 spiro atoms. The standard InChI is InChI=1S/C26H40O5/c1-16(27)31-18-11-13-25(2)17(15-18)5-6-19-20-7-8-22(23(28)9-10-24(29)30-4)26(20,3)14-12-21(19)25/h17-22H,5-15H2,1-4H3/t17-,18-,19-,20-,21-,22+,25-,26-/m0/s1. The Morgan fingerprint density at radius 1 is 0.871 bits per heavy atom. The minimum Gasteiger partial charge on any atom is -0.469 e. The van der Waals surface area contributed by atoms with Gasteiger partial charge in [-0.2, -0.15) is 0 Å². The molecular weight excluding hydrogens is 392 g/mol. The van der Waals surface area contributed by atoms with Gasteiger partial charge in [-0.15, -0.1) is 0 Å². The third-order valence-electron chi connectivity index (χ3n) is 10.1. The van der Waals surface area contributed by atoms with Crippen LogP contribution >= 0.6 is 0 Å². The predicted molar refractivity (Wildman–Crippen MR) is 117 cm³/mol. The van der Waals surface area contributed by atoms with Gasteiger partial charge in [-0.3, -0.25) is 14.4 Å². The smallest absolute Gasteiger partial charge is 0.305 e. The van der Waals surface area contributed by atoms with Gasteiger partial charge in [0.05, 0.1) is 13.5 Å². The first-order chi connectivity index (χ1) is 14.7. The molecule has 0 aliphatic heterocycles. The van der Waals surface area contributed by atoms with Gasteiger partial charge < -0.3 is 9.47 Å². The molecule has 5 heteroatoms. The molecule has 4 saturated carbocycles. The van der Waals surface area contributed by atoms with E-state index in [9.17, 15) is 14.4 Å². The van der Waals surface area contributed by atoms with Crippen molar-refractivity contribution in [3.05, 3.63) is 0 Å².